The molecule has 2 aliphatic carbocycles. The molecule has 7 nitrogen and oxygen atoms in total. The number of hydrogen-bond acceptors (Lipinski definition) is 6. The van der Waals surface area contributed by atoms with Crippen LogP contribution in [-0.4, -0.2) is 66.5 Å². The Hall–Kier alpha value is -2.92. The highest BCUT2D eigenvalue weighted by molar-refractivity contribution is 5.84. The van der Waals surface area contributed by atoms with Crippen molar-refractivity contribution in [3.05, 3.63) is 53.1 Å². The van der Waals surface area contributed by atoms with Crippen LogP contribution in [0.25, 0.3) is 0 Å². The Morgan fingerprint density at radius 3 is 2.61 bits per heavy atom. The number of aliphatic hydroxyl groups is 1. The number of nitrogens with one attached hydrogen (secondary N) is 1. The number of amides is 1. The Morgan fingerprint density at radius 1 is 1.21 bits per heavy atom. The van der Waals surface area contributed by atoms with Crippen LogP contribution in [0.15, 0.2) is 30.5 Å². The van der Waals surface area contributed by atoms with E-state index in [0.717, 1.165) is 48.5 Å². The highest BCUT2D eigenvalue weighted by atomic mass is 19.4. The Labute approximate surface area is 218 Å². The summed E-state index contributed by atoms with van der Waals surface area (Å²) in [5.74, 6) is -2.26. The molecule has 1 aliphatic heterocycles. The Balaban J connectivity index is 1.29. The first-order valence-electron chi connectivity index (χ1n) is 13.1. The minimum absolute atomic E-state index is 0.185. The summed E-state index contributed by atoms with van der Waals surface area (Å²) < 4.78 is 56.0. The van der Waals surface area contributed by atoms with Gasteiger partial charge in [-0.3, -0.25) is 9.78 Å². The van der Waals surface area contributed by atoms with E-state index >= 15 is 0 Å². The van der Waals surface area contributed by atoms with Crippen molar-refractivity contribution in [2.75, 3.05) is 44.2 Å². The van der Waals surface area contributed by atoms with Gasteiger partial charge < -0.3 is 25.0 Å². The molecule has 11 heteroatoms. The molecule has 2 fully saturated rings. The number of aromatic nitrogens is 1. The molecule has 2 aromatic rings. The van der Waals surface area contributed by atoms with E-state index in [9.17, 15) is 27.5 Å². The molecule has 206 valence electrons. The van der Waals surface area contributed by atoms with Crippen LogP contribution in [0.4, 0.5) is 23.2 Å². The van der Waals surface area contributed by atoms with Gasteiger partial charge in [0.05, 0.1) is 17.7 Å². The van der Waals surface area contributed by atoms with Gasteiger partial charge in [-0.1, -0.05) is 13.0 Å². The summed E-state index contributed by atoms with van der Waals surface area (Å²) in [6.07, 6.45) is -0.986. The number of anilines is 1. The highest BCUT2D eigenvalue weighted by Gasteiger charge is 2.35. The third kappa shape index (κ3) is 5.88. The van der Waals surface area contributed by atoms with Crippen molar-refractivity contribution in [3.8, 4) is 5.75 Å². The van der Waals surface area contributed by atoms with Gasteiger partial charge in [-0.05, 0) is 61.4 Å². The van der Waals surface area contributed by atoms with Gasteiger partial charge in [-0.25, -0.2) is 4.39 Å². The number of carbonyl (C=O) groups excluding carboxylic acids is 1. The Kier molecular flexibility index (Phi) is 7.50. The number of aliphatic hydroxyl groups excluding tert-OH is 1. The summed E-state index contributed by atoms with van der Waals surface area (Å²) in [7, 11) is 0. The van der Waals surface area contributed by atoms with Crippen molar-refractivity contribution < 1.29 is 32.2 Å². The maximum atomic E-state index is 14.5. The molecule has 0 bridgehead atoms. The first kappa shape index (κ1) is 26.7. The van der Waals surface area contributed by atoms with Gasteiger partial charge in [0, 0.05) is 50.2 Å². The number of fused-ring (bicyclic) bond motifs is 1. The fraction of sp³-hybridized carbons (Fsp3) is 0.556. The van der Waals surface area contributed by atoms with E-state index < -0.39 is 30.0 Å². The number of halogens is 4. The van der Waals surface area contributed by atoms with Gasteiger partial charge >= 0.3 is 6.36 Å². The lowest BCUT2D eigenvalue weighted by Gasteiger charge is -2.38. The van der Waals surface area contributed by atoms with E-state index in [1.807, 2.05) is 6.07 Å². The molecule has 2 N–H and O–H groups in total. The van der Waals surface area contributed by atoms with Crippen molar-refractivity contribution in [1.29, 1.82) is 0 Å². The predicted octanol–water partition coefficient (Wildman–Crippen LogP) is 4.09. The SMILES string of the molecule is C[C@@H]1C[C@@H](O)c2nccc(N3CCN(C(=O)[C@H](CNCC4CC4)c4ccc(OC(F)(F)F)c(F)c4)CC3)c21. The largest absolute Gasteiger partial charge is 0.573 e. The van der Waals surface area contributed by atoms with Crippen LogP contribution in [0.2, 0.25) is 0 Å². The molecule has 1 saturated heterocycles. The molecule has 5 rings (SSSR count). The first-order valence-corrected chi connectivity index (χ1v) is 13.1. The third-order valence-corrected chi connectivity index (χ3v) is 7.68. The molecule has 0 radical (unpaired) electrons. The second kappa shape index (κ2) is 10.7. The van der Waals surface area contributed by atoms with E-state index in [1.165, 1.54) is 6.07 Å². The summed E-state index contributed by atoms with van der Waals surface area (Å²) in [5.41, 5.74) is 3.10. The monoisotopic (exact) mass is 536 g/mol. The number of carbonyl (C=O) groups is 1. The van der Waals surface area contributed by atoms with Gasteiger partial charge in [0.25, 0.3) is 0 Å². The molecule has 1 amide bonds. The minimum Gasteiger partial charge on any atom is -0.403 e. The summed E-state index contributed by atoms with van der Waals surface area (Å²) in [5, 5.41) is 13.6. The van der Waals surface area contributed by atoms with Crippen LogP contribution in [0.5, 0.6) is 5.75 Å². The average Bonchev–Trinajstić information content (AvgIpc) is 3.66. The van der Waals surface area contributed by atoms with Gasteiger partial charge in [0.1, 0.15) is 0 Å². The molecule has 3 atom stereocenters. The second-order valence-electron chi connectivity index (χ2n) is 10.5. The molecule has 3 aliphatic rings. The number of alkyl halides is 3. The lowest BCUT2D eigenvalue weighted by Crippen LogP contribution is -2.51. The number of rotatable bonds is 8. The van der Waals surface area contributed by atoms with Crippen molar-refractivity contribution >= 4 is 11.6 Å². The zero-order valence-corrected chi connectivity index (χ0v) is 21.2. The smallest absolute Gasteiger partial charge is 0.403 e. The topological polar surface area (TPSA) is 77.9 Å². The van der Waals surface area contributed by atoms with E-state index in [1.54, 1.807) is 11.1 Å². The predicted molar refractivity (Wildman–Crippen MR) is 132 cm³/mol. The van der Waals surface area contributed by atoms with Crippen molar-refractivity contribution in [1.82, 2.24) is 15.2 Å². The van der Waals surface area contributed by atoms with Crippen LogP contribution in [0, 0.1) is 11.7 Å². The van der Waals surface area contributed by atoms with Crippen LogP contribution < -0.4 is 15.0 Å². The molecule has 38 heavy (non-hydrogen) atoms. The summed E-state index contributed by atoms with van der Waals surface area (Å²) in [6, 6.07) is 5.17. The fourth-order valence-electron chi connectivity index (χ4n) is 5.52. The Bertz CT molecular complexity index is 1170. The number of nitrogens with zero attached hydrogens (tertiary/aromatic N) is 3. The lowest BCUT2D eigenvalue weighted by molar-refractivity contribution is -0.275. The normalized spacial score (nSPS) is 22.4. The van der Waals surface area contributed by atoms with Crippen LogP contribution in [0.3, 0.4) is 0 Å². The second-order valence-corrected chi connectivity index (χ2v) is 10.5. The first-order chi connectivity index (χ1) is 18.1. The molecule has 0 spiro atoms. The number of benzene rings is 1. The molecule has 2 heterocycles. The van der Waals surface area contributed by atoms with Crippen molar-refractivity contribution in [3.63, 3.8) is 0 Å². The summed E-state index contributed by atoms with van der Waals surface area (Å²) >= 11 is 0. The fourth-order valence-corrected chi connectivity index (χ4v) is 5.52. The molecule has 1 aromatic carbocycles. The average molecular weight is 537 g/mol. The lowest BCUT2D eigenvalue weighted by atomic mass is 9.96. The maximum Gasteiger partial charge on any atom is 0.573 e. The highest BCUT2D eigenvalue weighted by Crippen LogP contribution is 2.43. The Morgan fingerprint density at radius 2 is 1.95 bits per heavy atom. The van der Waals surface area contributed by atoms with Crippen LogP contribution >= 0.6 is 0 Å². The number of ether oxygens (including phenoxy) is 1. The third-order valence-electron chi connectivity index (χ3n) is 7.68. The number of pyridine rings is 1. The number of hydrogen-bond donors (Lipinski definition) is 2. The maximum absolute atomic E-state index is 14.5. The molecule has 0 unspecified atom stereocenters. The van der Waals surface area contributed by atoms with E-state index in [0.29, 0.717) is 44.1 Å². The zero-order valence-electron chi connectivity index (χ0n) is 21.2. The van der Waals surface area contributed by atoms with Crippen LogP contribution in [-0.2, 0) is 4.79 Å². The van der Waals surface area contributed by atoms with Crippen LogP contribution in [0.1, 0.15) is 60.9 Å². The van der Waals surface area contributed by atoms with Gasteiger partial charge in [0.15, 0.2) is 11.6 Å². The minimum atomic E-state index is -5.01. The van der Waals surface area contributed by atoms with Gasteiger partial charge in [0.2, 0.25) is 5.91 Å². The standard InChI is InChI=1S/C27H32F4N4O3/c1-16-12-22(36)25-24(16)21(6-7-33-25)34-8-10-35(11-9-34)26(37)19(15-32-14-17-2-3-17)18-4-5-23(20(28)13-18)38-27(29,30)31/h4-7,13,16-17,19,22,32,36H,2-3,8-12,14-15H2,1H3/t16-,19-,22-/m1/s1. The molecular weight excluding hydrogens is 504 g/mol. The quantitative estimate of drug-likeness (QED) is 0.495. The molecule has 1 aromatic heterocycles. The van der Waals surface area contributed by atoms with Gasteiger partial charge in [-0.2, -0.15) is 0 Å². The molecule has 1 saturated carbocycles. The van der Waals surface area contributed by atoms with E-state index in [-0.39, 0.29) is 18.4 Å². The van der Waals surface area contributed by atoms with E-state index in [2.05, 4.69) is 26.9 Å². The molecular formula is C27H32F4N4O3. The zero-order chi connectivity index (χ0) is 27.0. The van der Waals surface area contributed by atoms with Gasteiger partial charge in [-0.15, -0.1) is 13.2 Å². The summed E-state index contributed by atoms with van der Waals surface area (Å²) in [4.78, 5) is 21.9. The van der Waals surface area contributed by atoms with E-state index in [4.69, 9.17) is 0 Å². The van der Waals surface area contributed by atoms with Crippen molar-refractivity contribution in [2.24, 2.45) is 5.92 Å². The van der Waals surface area contributed by atoms with Crippen molar-refractivity contribution in [2.45, 2.75) is 50.5 Å². The summed E-state index contributed by atoms with van der Waals surface area (Å²) in [6.45, 7) is 5.14. The number of piperazine rings is 1.